The van der Waals surface area contributed by atoms with Crippen molar-refractivity contribution in [3.05, 3.63) is 35.4 Å². The Morgan fingerprint density at radius 3 is 2.65 bits per heavy atom. The highest BCUT2D eigenvalue weighted by Crippen LogP contribution is 2.08. The lowest BCUT2D eigenvalue weighted by Gasteiger charge is -2.12. The van der Waals surface area contributed by atoms with Gasteiger partial charge < -0.3 is 10.4 Å². The van der Waals surface area contributed by atoms with Crippen LogP contribution in [0.1, 0.15) is 18.9 Å². The third-order valence-corrected chi connectivity index (χ3v) is 2.84. The van der Waals surface area contributed by atoms with Gasteiger partial charge in [0, 0.05) is 13.2 Å². The number of nitrogens with one attached hydrogen (secondary N) is 1. The van der Waals surface area contributed by atoms with Crippen molar-refractivity contribution in [1.29, 1.82) is 0 Å². The first kappa shape index (κ1) is 14.1. The summed E-state index contributed by atoms with van der Waals surface area (Å²) in [6.45, 7) is 3.64. The quantitative estimate of drug-likeness (QED) is 0.719. The Balaban J connectivity index is 2.28. The normalized spacial score (nSPS) is 12.7. The van der Waals surface area contributed by atoms with Gasteiger partial charge in [0.1, 0.15) is 0 Å². The third kappa shape index (κ3) is 4.79. The van der Waals surface area contributed by atoms with Gasteiger partial charge in [-0.15, -0.1) is 0 Å². The van der Waals surface area contributed by atoms with Crippen LogP contribution in [0.15, 0.2) is 18.2 Å². The van der Waals surface area contributed by atoms with Gasteiger partial charge in [-0.2, -0.15) is 0 Å². The summed E-state index contributed by atoms with van der Waals surface area (Å²) in [6, 6.07) is 3.96. The Hall–Kier alpha value is -1.00. The minimum atomic E-state index is -0.812. The molecule has 0 amide bonds. The van der Waals surface area contributed by atoms with Gasteiger partial charge in [-0.3, -0.25) is 0 Å². The fourth-order valence-corrected chi connectivity index (χ4v) is 1.57. The van der Waals surface area contributed by atoms with Crippen LogP contribution in [0.5, 0.6) is 0 Å². The average Bonchev–Trinajstić information content (AvgIpc) is 2.34. The highest BCUT2D eigenvalue weighted by Gasteiger charge is 2.04. The Bertz CT molecular complexity index is 340. The summed E-state index contributed by atoms with van der Waals surface area (Å²) >= 11 is 0. The van der Waals surface area contributed by atoms with E-state index in [1.165, 1.54) is 6.07 Å². The molecule has 1 aromatic carbocycles. The fraction of sp³-hybridized carbons (Fsp3) is 0.538. The van der Waals surface area contributed by atoms with E-state index in [1.54, 1.807) is 6.07 Å². The zero-order valence-electron chi connectivity index (χ0n) is 10.0. The molecule has 0 heterocycles. The minimum Gasteiger partial charge on any atom is -0.396 e. The van der Waals surface area contributed by atoms with Crippen molar-refractivity contribution in [2.45, 2.75) is 19.8 Å². The van der Waals surface area contributed by atoms with Crippen LogP contribution in [0.3, 0.4) is 0 Å². The van der Waals surface area contributed by atoms with Gasteiger partial charge in [-0.1, -0.05) is 13.0 Å². The molecule has 0 aromatic heterocycles. The van der Waals surface area contributed by atoms with Crippen LogP contribution in [0, 0.1) is 17.6 Å². The van der Waals surface area contributed by atoms with E-state index >= 15 is 0 Å². The minimum absolute atomic E-state index is 0.175. The maximum atomic E-state index is 12.9. The summed E-state index contributed by atoms with van der Waals surface area (Å²) in [6.07, 6.45) is 1.58. The van der Waals surface area contributed by atoms with Crippen LogP contribution < -0.4 is 5.32 Å². The van der Waals surface area contributed by atoms with Gasteiger partial charge in [0.05, 0.1) is 0 Å². The highest BCUT2D eigenvalue weighted by molar-refractivity contribution is 5.17. The third-order valence-electron chi connectivity index (χ3n) is 2.84. The van der Waals surface area contributed by atoms with Crippen molar-refractivity contribution in [2.24, 2.45) is 5.92 Å². The Morgan fingerprint density at radius 1 is 1.29 bits per heavy atom. The van der Waals surface area contributed by atoms with Crippen molar-refractivity contribution in [3.8, 4) is 0 Å². The van der Waals surface area contributed by atoms with E-state index in [2.05, 4.69) is 5.32 Å². The van der Waals surface area contributed by atoms with Crippen molar-refractivity contribution in [2.75, 3.05) is 19.7 Å². The number of benzene rings is 1. The van der Waals surface area contributed by atoms with E-state index < -0.39 is 11.6 Å². The van der Waals surface area contributed by atoms with Gasteiger partial charge >= 0.3 is 0 Å². The largest absolute Gasteiger partial charge is 0.396 e. The smallest absolute Gasteiger partial charge is 0.159 e. The first-order valence-corrected chi connectivity index (χ1v) is 5.92. The zero-order chi connectivity index (χ0) is 12.7. The number of rotatable bonds is 7. The van der Waals surface area contributed by atoms with E-state index in [-0.39, 0.29) is 12.5 Å². The molecule has 1 aromatic rings. The standard InChI is InChI=1S/C13H19F2NO/c1-2-10(9-17)8-16-6-5-11-3-4-12(14)13(15)7-11/h3-4,7,10,16-17H,2,5-6,8-9H2,1H3. The molecule has 0 aliphatic carbocycles. The summed E-state index contributed by atoms with van der Waals surface area (Å²) in [5.74, 6) is -1.35. The van der Waals surface area contributed by atoms with Crippen LogP contribution in [0.4, 0.5) is 8.78 Å². The number of hydrogen-bond acceptors (Lipinski definition) is 2. The van der Waals surface area contributed by atoms with Gasteiger partial charge in [0.2, 0.25) is 0 Å². The maximum Gasteiger partial charge on any atom is 0.159 e. The van der Waals surface area contributed by atoms with Gasteiger partial charge in [-0.05, 0) is 43.0 Å². The average molecular weight is 243 g/mol. The molecular weight excluding hydrogens is 224 g/mol. The summed E-state index contributed by atoms with van der Waals surface area (Å²) in [7, 11) is 0. The first-order chi connectivity index (χ1) is 8.17. The molecule has 0 fully saturated rings. The van der Waals surface area contributed by atoms with Crippen LogP contribution in [0.2, 0.25) is 0 Å². The van der Waals surface area contributed by atoms with Crippen molar-refractivity contribution < 1.29 is 13.9 Å². The van der Waals surface area contributed by atoms with Crippen molar-refractivity contribution >= 4 is 0 Å². The predicted molar refractivity (Wildman–Crippen MR) is 63.8 cm³/mol. The van der Waals surface area contributed by atoms with E-state index in [9.17, 15) is 8.78 Å². The first-order valence-electron chi connectivity index (χ1n) is 5.92. The number of hydrogen-bond donors (Lipinski definition) is 2. The summed E-state index contributed by atoms with van der Waals surface area (Å²) in [4.78, 5) is 0. The second-order valence-corrected chi connectivity index (χ2v) is 4.16. The molecule has 17 heavy (non-hydrogen) atoms. The predicted octanol–water partition coefficient (Wildman–Crippen LogP) is 2.12. The molecule has 4 heteroatoms. The highest BCUT2D eigenvalue weighted by atomic mass is 19.2. The second kappa shape index (κ2) is 7.35. The second-order valence-electron chi connectivity index (χ2n) is 4.16. The zero-order valence-corrected chi connectivity index (χ0v) is 10.0. The fourth-order valence-electron chi connectivity index (χ4n) is 1.57. The molecule has 0 aliphatic rings. The van der Waals surface area contributed by atoms with E-state index in [4.69, 9.17) is 5.11 Å². The lowest BCUT2D eigenvalue weighted by Crippen LogP contribution is -2.26. The van der Waals surface area contributed by atoms with Gasteiger partial charge in [0.15, 0.2) is 11.6 Å². The van der Waals surface area contributed by atoms with Crippen LogP contribution in [-0.4, -0.2) is 24.8 Å². The Morgan fingerprint density at radius 2 is 2.06 bits per heavy atom. The van der Waals surface area contributed by atoms with Crippen LogP contribution in [-0.2, 0) is 6.42 Å². The number of halogens is 2. The molecule has 0 saturated heterocycles. The summed E-state index contributed by atoms with van der Waals surface area (Å²) in [5.41, 5.74) is 0.772. The lowest BCUT2D eigenvalue weighted by molar-refractivity contribution is 0.219. The molecule has 2 N–H and O–H groups in total. The molecule has 1 unspecified atom stereocenters. The number of aliphatic hydroxyl groups is 1. The Labute approximate surface area is 101 Å². The van der Waals surface area contributed by atoms with E-state index in [0.717, 1.165) is 24.6 Å². The summed E-state index contributed by atoms with van der Waals surface area (Å²) in [5, 5.41) is 12.2. The molecule has 96 valence electrons. The molecule has 0 saturated carbocycles. The lowest BCUT2D eigenvalue weighted by atomic mass is 10.1. The molecule has 2 nitrogen and oxygen atoms in total. The van der Waals surface area contributed by atoms with Gasteiger partial charge in [0.25, 0.3) is 0 Å². The van der Waals surface area contributed by atoms with Crippen LogP contribution in [0.25, 0.3) is 0 Å². The molecule has 0 bridgehead atoms. The Kier molecular flexibility index (Phi) is 6.08. The van der Waals surface area contributed by atoms with Gasteiger partial charge in [-0.25, -0.2) is 8.78 Å². The van der Waals surface area contributed by atoms with E-state index in [0.29, 0.717) is 13.0 Å². The molecule has 0 spiro atoms. The molecule has 0 radical (unpaired) electrons. The summed E-state index contributed by atoms with van der Waals surface area (Å²) < 4.78 is 25.6. The number of aliphatic hydroxyl groups excluding tert-OH is 1. The van der Waals surface area contributed by atoms with Crippen molar-refractivity contribution in [1.82, 2.24) is 5.32 Å². The van der Waals surface area contributed by atoms with E-state index in [1.807, 2.05) is 6.92 Å². The monoisotopic (exact) mass is 243 g/mol. The molecular formula is C13H19F2NO. The van der Waals surface area contributed by atoms with Crippen LogP contribution >= 0.6 is 0 Å². The topological polar surface area (TPSA) is 32.3 Å². The maximum absolute atomic E-state index is 12.9. The molecule has 1 rings (SSSR count). The SMILES string of the molecule is CCC(CO)CNCCc1ccc(F)c(F)c1. The molecule has 0 aliphatic heterocycles. The molecule has 1 atom stereocenters. The van der Waals surface area contributed by atoms with Crippen molar-refractivity contribution in [3.63, 3.8) is 0 Å².